The summed E-state index contributed by atoms with van der Waals surface area (Å²) in [4.78, 5) is 2.85. The average Bonchev–Trinajstić information content (AvgIpc) is 2.78. The van der Waals surface area contributed by atoms with Crippen LogP contribution in [0.4, 0.5) is 0 Å². The van der Waals surface area contributed by atoms with Gasteiger partial charge in [0.05, 0.1) is 25.4 Å². The van der Waals surface area contributed by atoms with Crippen LogP contribution in [-0.2, 0) is 11.3 Å². The van der Waals surface area contributed by atoms with Crippen LogP contribution in [0, 0.1) is 0 Å². The van der Waals surface area contributed by atoms with Gasteiger partial charge in [0.1, 0.15) is 0 Å². The van der Waals surface area contributed by atoms with Crippen LogP contribution in [0.25, 0.3) is 10.4 Å². The van der Waals surface area contributed by atoms with E-state index in [9.17, 15) is 5.11 Å². The van der Waals surface area contributed by atoms with E-state index in [-0.39, 0.29) is 6.61 Å². The van der Waals surface area contributed by atoms with Gasteiger partial charge in [0.15, 0.2) is 0 Å². The van der Waals surface area contributed by atoms with Crippen LogP contribution < -0.4 is 0 Å². The quantitative estimate of drug-likeness (QED) is 0.0834. The molecular formula is C25H41N3O2. The van der Waals surface area contributed by atoms with Crippen molar-refractivity contribution in [2.45, 2.75) is 103 Å². The number of benzene rings is 1. The second kappa shape index (κ2) is 19.2. The molecule has 0 aliphatic rings. The van der Waals surface area contributed by atoms with Gasteiger partial charge in [-0.1, -0.05) is 119 Å². The molecule has 1 N–H and O–H groups in total. The number of aliphatic hydroxyl groups is 1. The molecule has 0 heterocycles. The predicted octanol–water partition coefficient (Wildman–Crippen LogP) is 7.50. The van der Waals surface area contributed by atoms with Gasteiger partial charge in [0.2, 0.25) is 0 Å². The Morgan fingerprint density at radius 2 is 1.57 bits per heavy atom. The molecule has 0 saturated carbocycles. The topological polar surface area (TPSA) is 78.2 Å². The first kappa shape index (κ1) is 26.2. The van der Waals surface area contributed by atoms with E-state index in [4.69, 9.17) is 10.3 Å². The Bertz CT molecular complexity index is 585. The van der Waals surface area contributed by atoms with E-state index in [1.54, 1.807) is 0 Å². The molecule has 0 saturated heterocycles. The number of nitrogens with zero attached hydrogens (tertiary/aromatic N) is 3. The first-order chi connectivity index (χ1) is 14.8. The maximum Gasteiger partial charge on any atom is 0.0903 e. The maximum absolute atomic E-state index is 9.55. The molecule has 168 valence electrons. The van der Waals surface area contributed by atoms with Crippen molar-refractivity contribution in [3.8, 4) is 0 Å². The number of hydrogen-bond acceptors (Lipinski definition) is 3. The van der Waals surface area contributed by atoms with Crippen molar-refractivity contribution in [2.75, 3.05) is 6.61 Å². The van der Waals surface area contributed by atoms with E-state index < -0.39 is 12.1 Å². The lowest BCUT2D eigenvalue weighted by atomic mass is 10.0. The van der Waals surface area contributed by atoms with E-state index in [1.807, 2.05) is 36.4 Å². The number of unbranched alkanes of at least 4 members (excludes halogenated alkanes) is 11. The van der Waals surface area contributed by atoms with Gasteiger partial charge in [0, 0.05) is 4.91 Å². The van der Waals surface area contributed by atoms with Gasteiger partial charge < -0.3 is 9.84 Å². The molecule has 30 heavy (non-hydrogen) atoms. The second-order valence-electron chi connectivity index (χ2n) is 7.97. The second-order valence-corrected chi connectivity index (χ2v) is 7.97. The van der Waals surface area contributed by atoms with Gasteiger partial charge in [-0.25, -0.2) is 0 Å². The van der Waals surface area contributed by atoms with Crippen molar-refractivity contribution in [1.29, 1.82) is 0 Å². The van der Waals surface area contributed by atoms with Crippen LogP contribution in [-0.4, -0.2) is 23.9 Å². The number of azide groups is 1. The highest BCUT2D eigenvalue weighted by Gasteiger charge is 2.17. The number of aliphatic hydroxyl groups excluding tert-OH is 1. The molecule has 0 aromatic heterocycles. The van der Waals surface area contributed by atoms with Crippen molar-refractivity contribution >= 4 is 0 Å². The maximum atomic E-state index is 9.55. The van der Waals surface area contributed by atoms with Crippen LogP contribution in [0.5, 0.6) is 0 Å². The van der Waals surface area contributed by atoms with Crippen LogP contribution in [0.3, 0.4) is 0 Å². The summed E-state index contributed by atoms with van der Waals surface area (Å²) < 4.78 is 5.93. The Hall–Kier alpha value is -1.81. The van der Waals surface area contributed by atoms with E-state index in [0.29, 0.717) is 6.61 Å². The molecule has 0 fully saturated rings. The fourth-order valence-corrected chi connectivity index (χ4v) is 3.49. The summed E-state index contributed by atoms with van der Waals surface area (Å²) in [5.74, 6) is 0. The normalized spacial score (nSPS) is 13.3. The third kappa shape index (κ3) is 13.4. The summed E-state index contributed by atoms with van der Waals surface area (Å²) in [6.45, 7) is 2.45. The zero-order chi connectivity index (χ0) is 21.7. The molecule has 0 spiro atoms. The summed E-state index contributed by atoms with van der Waals surface area (Å²) in [6.07, 6.45) is 19.3. The first-order valence-electron chi connectivity index (χ1n) is 11.8. The molecule has 1 aromatic carbocycles. The lowest BCUT2D eigenvalue weighted by molar-refractivity contribution is 0.0403. The van der Waals surface area contributed by atoms with Crippen LogP contribution in [0.2, 0.25) is 0 Å². The molecule has 0 bridgehead atoms. The Labute approximate surface area is 183 Å². The Morgan fingerprint density at radius 1 is 0.967 bits per heavy atom. The van der Waals surface area contributed by atoms with Crippen LogP contribution in [0.15, 0.2) is 47.6 Å². The molecule has 1 aromatic rings. The molecule has 2 atom stereocenters. The number of allylic oxidation sites excluding steroid dienone is 1. The third-order valence-corrected chi connectivity index (χ3v) is 5.35. The smallest absolute Gasteiger partial charge is 0.0903 e. The molecule has 1 unspecified atom stereocenters. The SMILES string of the molecule is CCCCCCCCCCCCC/C=C/[C@@H](OCc1ccccc1)C(CO)N=[N+]=[N-]. The summed E-state index contributed by atoms with van der Waals surface area (Å²) in [5.41, 5.74) is 9.81. The van der Waals surface area contributed by atoms with Gasteiger partial charge in [-0.3, -0.25) is 0 Å². The fourth-order valence-electron chi connectivity index (χ4n) is 3.49. The summed E-state index contributed by atoms with van der Waals surface area (Å²) >= 11 is 0. The molecular weight excluding hydrogens is 374 g/mol. The number of ether oxygens (including phenoxy) is 1. The minimum atomic E-state index is -0.604. The van der Waals surface area contributed by atoms with E-state index in [2.05, 4.69) is 23.0 Å². The summed E-state index contributed by atoms with van der Waals surface area (Å²) in [5, 5.41) is 13.2. The summed E-state index contributed by atoms with van der Waals surface area (Å²) in [7, 11) is 0. The molecule has 0 radical (unpaired) electrons. The predicted molar refractivity (Wildman–Crippen MR) is 125 cm³/mol. The number of rotatable bonds is 19. The molecule has 5 nitrogen and oxygen atoms in total. The molecule has 0 aliphatic heterocycles. The van der Waals surface area contributed by atoms with Gasteiger partial charge in [0.25, 0.3) is 0 Å². The zero-order valence-corrected chi connectivity index (χ0v) is 18.8. The standard InChI is InChI=1S/C25H41N3O2/c1-2-3-4-5-6-7-8-9-10-11-12-13-17-20-25(24(21-29)27-28-26)30-22-23-18-15-14-16-19-23/h14-20,24-25,29H,2-13,21-22H2,1H3/b20-17+/t24?,25-/m1/s1. The van der Waals surface area contributed by atoms with E-state index >= 15 is 0 Å². The highest BCUT2D eigenvalue weighted by molar-refractivity contribution is 5.13. The minimum Gasteiger partial charge on any atom is -0.396 e. The largest absolute Gasteiger partial charge is 0.396 e. The molecule has 5 heteroatoms. The minimum absolute atomic E-state index is 0.230. The third-order valence-electron chi connectivity index (χ3n) is 5.35. The monoisotopic (exact) mass is 415 g/mol. The van der Waals surface area contributed by atoms with E-state index in [0.717, 1.165) is 18.4 Å². The van der Waals surface area contributed by atoms with E-state index in [1.165, 1.54) is 64.2 Å². The van der Waals surface area contributed by atoms with Gasteiger partial charge in [-0.05, 0) is 23.9 Å². The molecule has 1 rings (SSSR count). The average molecular weight is 416 g/mol. The fraction of sp³-hybridized carbons (Fsp3) is 0.680. The Balaban J connectivity index is 2.23. The van der Waals surface area contributed by atoms with Crippen LogP contribution >= 0.6 is 0 Å². The van der Waals surface area contributed by atoms with Crippen molar-refractivity contribution in [3.63, 3.8) is 0 Å². The zero-order valence-electron chi connectivity index (χ0n) is 18.8. The lowest BCUT2D eigenvalue weighted by Crippen LogP contribution is -2.28. The Kier molecular flexibility index (Phi) is 16.8. The first-order valence-corrected chi connectivity index (χ1v) is 11.8. The van der Waals surface area contributed by atoms with Gasteiger partial charge >= 0.3 is 0 Å². The van der Waals surface area contributed by atoms with Crippen molar-refractivity contribution in [3.05, 3.63) is 58.5 Å². The summed E-state index contributed by atoms with van der Waals surface area (Å²) in [6, 6.07) is 9.28. The lowest BCUT2D eigenvalue weighted by Gasteiger charge is -2.19. The van der Waals surface area contributed by atoms with Crippen molar-refractivity contribution in [2.24, 2.45) is 5.11 Å². The molecule has 0 aliphatic carbocycles. The van der Waals surface area contributed by atoms with Gasteiger partial charge in [-0.2, -0.15) is 0 Å². The number of hydrogen-bond donors (Lipinski definition) is 1. The highest BCUT2D eigenvalue weighted by Crippen LogP contribution is 2.14. The van der Waals surface area contributed by atoms with Crippen LogP contribution in [0.1, 0.15) is 89.5 Å². The van der Waals surface area contributed by atoms with Gasteiger partial charge in [-0.15, -0.1) is 0 Å². The van der Waals surface area contributed by atoms with Crippen molar-refractivity contribution < 1.29 is 9.84 Å². The Morgan fingerprint density at radius 3 is 2.13 bits per heavy atom. The van der Waals surface area contributed by atoms with Crippen molar-refractivity contribution in [1.82, 2.24) is 0 Å². The molecule has 0 amide bonds. The highest BCUT2D eigenvalue weighted by atomic mass is 16.5.